The third-order valence-corrected chi connectivity index (χ3v) is 1.75. The zero-order chi connectivity index (χ0) is 11.5. The van der Waals surface area contributed by atoms with Gasteiger partial charge in [0.05, 0.1) is 0 Å². The summed E-state index contributed by atoms with van der Waals surface area (Å²) in [5.41, 5.74) is 5.64. The lowest BCUT2D eigenvalue weighted by Crippen LogP contribution is -2.14. The maximum atomic E-state index is 11.6. The molecule has 0 saturated heterocycles. The Bertz CT molecular complexity index is 522. The van der Waals surface area contributed by atoms with E-state index in [1.807, 2.05) is 0 Å². The van der Waals surface area contributed by atoms with Crippen LogP contribution in [-0.4, -0.2) is 21.1 Å². The van der Waals surface area contributed by atoms with Crippen LogP contribution >= 0.6 is 0 Å². The first-order valence-electron chi connectivity index (χ1n) is 4.49. The minimum atomic E-state index is -0.448. The molecule has 0 aliphatic heterocycles. The molecule has 0 aliphatic carbocycles. The van der Waals surface area contributed by atoms with Crippen LogP contribution in [0.3, 0.4) is 0 Å². The van der Waals surface area contributed by atoms with Crippen molar-refractivity contribution in [3.05, 3.63) is 29.8 Å². The standard InChI is InChI=1S/C9H9N5O2/c1-5-13-14-9(16-5)12-8(15)6-3-2-4-7(10)11-6/h2-4H,1H3,(H2,10,11)(H,12,14,15). The van der Waals surface area contributed by atoms with Crippen molar-refractivity contribution in [3.63, 3.8) is 0 Å². The van der Waals surface area contributed by atoms with Gasteiger partial charge in [0.25, 0.3) is 5.91 Å². The molecule has 0 radical (unpaired) electrons. The molecule has 2 aromatic rings. The molecule has 7 nitrogen and oxygen atoms in total. The number of amides is 1. The SMILES string of the molecule is Cc1nnc(NC(=O)c2cccc(N)n2)o1. The molecule has 82 valence electrons. The van der Waals surface area contributed by atoms with Crippen LogP contribution in [0, 0.1) is 6.92 Å². The molecule has 16 heavy (non-hydrogen) atoms. The number of aryl methyl sites for hydroxylation is 1. The van der Waals surface area contributed by atoms with Crippen LogP contribution in [0.5, 0.6) is 0 Å². The van der Waals surface area contributed by atoms with Crippen molar-refractivity contribution >= 4 is 17.7 Å². The second kappa shape index (κ2) is 3.97. The van der Waals surface area contributed by atoms with Crippen LogP contribution in [0.25, 0.3) is 0 Å². The van der Waals surface area contributed by atoms with E-state index in [9.17, 15) is 4.79 Å². The average Bonchev–Trinajstić information content (AvgIpc) is 2.64. The Labute approximate surface area is 90.7 Å². The van der Waals surface area contributed by atoms with Crippen molar-refractivity contribution < 1.29 is 9.21 Å². The molecule has 0 aliphatic rings. The van der Waals surface area contributed by atoms with Gasteiger partial charge in [-0.05, 0) is 12.1 Å². The molecule has 7 heteroatoms. The Morgan fingerprint density at radius 2 is 2.25 bits per heavy atom. The first-order valence-corrected chi connectivity index (χ1v) is 4.49. The lowest BCUT2D eigenvalue weighted by atomic mass is 10.3. The summed E-state index contributed by atoms with van der Waals surface area (Å²) in [5.74, 6) is 0.196. The fourth-order valence-corrected chi connectivity index (χ4v) is 1.09. The van der Waals surface area contributed by atoms with Gasteiger partial charge in [-0.1, -0.05) is 11.2 Å². The van der Waals surface area contributed by atoms with E-state index in [4.69, 9.17) is 10.2 Å². The Morgan fingerprint density at radius 1 is 1.44 bits per heavy atom. The number of pyridine rings is 1. The van der Waals surface area contributed by atoms with Crippen LogP contribution in [0.1, 0.15) is 16.4 Å². The van der Waals surface area contributed by atoms with E-state index in [-0.39, 0.29) is 17.5 Å². The summed E-state index contributed by atoms with van der Waals surface area (Å²) in [7, 11) is 0. The number of carbonyl (C=O) groups is 1. The van der Waals surface area contributed by atoms with Gasteiger partial charge in [0, 0.05) is 6.92 Å². The van der Waals surface area contributed by atoms with E-state index in [1.165, 1.54) is 6.07 Å². The third kappa shape index (κ3) is 2.14. The van der Waals surface area contributed by atoms with Crippen LogP contribution < -0.4 is 11.1 Å². The van der Waals surface area contributed by atoms with Gasteiger partial charge in [0.1, 0.15) is 11.5 Å². The molecular weight excluding hydrogens is 210 g/mol. The van der Waals surface area contributed by atoms with Gasteiger partial charge in [-0.2, -0.15) is 0 Å². The number of nitrogens with zero attached hydrogens (tertiary/aromatic N) is 3. The summed E-state index contributed by atoms with van der Waals surface area (Å²) in [6, 6.07) is 4.80. The number of aromatic nitrogens is 3. The highest BCUT2D eigenvalue weighted by Gasteiger charge is 2.11. The summed E-state index contributed by atoms with van der Waals surface area (Å²) >= 11 is 0. The number of hydrogen-bond donors (Lipinski definition) is 2. The van der Waals surface area contributed by atoms with Gasteiger partial charge in [-0.3, -0.25) is 10.1 Å². The lowest BCUT2D eigenvalue weighted by Gasteiger charge is -1.99. The van der Waals surface area contributed by atoms with Crippen molar-refractivity contribution in [3.8, 4) is 0 Å². The second-order valence-corrected chi connectivity index (χ2v) is 3.03. The molecule has 0 atom stereocenters. The number of carbonyl (C=O) groups excluding carboxylic acids is 1. The normalized spacial score (nSPS) is 10.1. The predicted octanol–water partition coefficient (Wildman–Crippen LogP) is 0.608. The van der Waals surface area contributed by atoms with E-state index in [1.54, 1.807) is 19.1 Å². The van der Waals surface area contributed by atoms with E-state index in [2.05, 4.69) is 20.5 Å². The topological polar surface area (TPSA) is 107 Å². The maximum absolute atomic E-state index is 11.6. The Hall–Kier alpha value is -2.44. The van der Waals surface area contributed by atoms with Crippen molar-refractivity contribution in [2.45, 2.75) is 6.92 Å². The molecular formula is C9H9N5O2. The molecule has 3 N–H and O–H groups in total. The van der Waals surface area contributed by atoms with Crippen LogP contribution in [0.4, 0.5) is 11.8 Å². The van der Waals surface area contributed by atoms with Crippen molar-refractivity contribution in [1.82, 2.24) is 15.2 Å². The highest BCUT2D eigenvalue weighted by molar-refractivity contribution is 6.01. The van der Waals surface area contributed by atoms with Gasteiger partial charge in [-0.25, -0.2) is 4.98 Å². The molecule has 1 amide bonds. The van der Waals surface area contributed by atoms with E-state index < -0.39 is 5.91 Å². The zero-order valence-corrected chi connectivity index (χ0v) is 8.47. The molecule has 2 aromatic heterocycles. The quantitative estimate of drug-likeness (QED) is 0.766. The van der Waals surface area contributed by atoms with E-state index in [0.717, 1.165) is 0 Å². The van der Waals surface area contributed by atoms with Crippen LogP contribution in [0.2, 0.25) is 0 Å². The monoisotopic (exact) mass is 219 g/mol. The van der Waals surface area contributed by atoms with Gasteiger partial charge in [0.15, 0.2) is 0 Å². The molecule has 0 spiro atoms. The summed E-state index contributed by atoms with van der Waals surface area (Å²) in [6.07, 6.45) is 0. The number of nitrogens with two attached hydrogens (primary N) is 1. The Morgan fingerprint density at radius 3 is 2.88 bits per heavy atom. The lowest BCUT2D eigenvalue weighted by molar-refractivity contribution is 0.101. The van der Waals surface area contributed by atoms with E-state index in [0.29, 0.717) is 5.89 Å². The molecule has 2 heterocycles. The fourth-order valence-electron chi connectivity index (χ4n) is 1.09. The van der Waals surface area contributed by atoms with Crippen molar-refractivity contribution in [2.75, 3.05) is 11.1 Å². The summed E-state index contributed by atoms with van der Waals surface area (Å²) < 4.78 is 4.99. The first-order chi connectivity index (χ1) is 7.65. The minimum Gasteiger partial charge on any atom is -0.408 e. The molecule has 2 rings (SSSR count). The smallest absolute Gasteiger partial charge is 0.322 e. The zero-order valence-electron chi connectivity index (χ0n) is 8.47. The van der Waals surface area contributed by atoms with Gasteiger partial charge in [-0.15, -0.1) is 5.10 Å². The second-order valence-electron chi connectivity index (χ2n) is 3.03. The molecule has 0 saturated carbocycles. The Balaban J connectivity index is 2.14. The van der Waals surface area contributed by atoms with Gasteiger partial charge >= 0.3 is 6.01 Å². The van der Waals surface area contributed by atoms with Crippen LogP contribution in [0.15, 0.2) is 22.6 Å². The number of rotatable bonds is 2. The molecule has 0 fully saturated rings. The number of anilines is 2. The van der Waals surface area contributed by atoms with Gasteiger partial charge < -0.3 is 10.2 Å². The third-order valence-electron chi connectivity index (χ3n) is 1.75. The molecule has 0 unspecified atom stereocenters. The number of nitrogens with one attached hydrogen (secondary N) is 1. The molecule has 0 bridgehead atoms. The fraction of sp³-hybridized carbons (Fsp3) is 0.111. The predicted molar refractivity (Wildman–Crippen MR) is 55.6 cm³/mol. The summed E-state index contributed by atoms with van der Waals surface area (Å²) in [5, 5.41) is 9.61. The first kappa shape index (κ1) is 10.1. The van der Waals surface area contributed by atoms with E-state index >= 15 is 0 Å². The minimum absolute atomic E-state index is 0.0340. The van der Waals surface area contributed by atoms with Crippen molar-refractivity contribution in [1.29, 1.82) is 0 Å². The Kier molecular flexibility index (Phi) is 2.50. The molecule has 0 aromatic carbocycles. The van der Waals surface area contributed by atoms with Crippen LogP contribution in [-0.2, 0) is 0 Å². The highest BCUT2D eigenvalue weighted by Crippen LogP contribution is 2.07. The average molecular weight is 219 g/mol. The number of hydrogen-bond acceptors (Lipinski definition) is 6. The highest BCUT2D eigenvalue weighted by atomic mass is 16.4. The maximum Gasteiger partial charge on any atom is 0.322 e. The van der Waals surface area contributed by atoms with Gasteiger partial charge in [0.2, 0.25) is 5.89 Å². The summed E-state index contributed by atoms with van der Waals surface area (Å²) in [4.78, 5) is 15.5. The van der Waals surface area contributed by atoms with Crippen molar-refractivity contribution in [2.24, 2.45) is 0 Å². The number of nitrogen functional groups attached to an aromatic ring is 1. The summed E-state index contributed by atoms with van der Waals surface area (Å²) in [6.45, 7) is 1.63. The largest absolute Gasteiger partial charge is 0.408 e.